The third-order valence-electron chi connectivity index (χ3n) is 2.22. The van der Waals surface area contributed by atoms with Crippen molar-refractivity contribution in [1.82, 2.24) is 4.98 Å². The number of hydrogen-bond acceptors (Lipinski definition) is 5. The molecule has 0 spiro atoms. The molecule has 0 saturated heterocycles. The van der Waals surface area contributed by atoms with Crippen molar-refractivity contribution >= 4 is 33.0 Å². The van der Waals surface area contributed by atoms with Gasteiger partial charge < -0.3 is 5.11 Å². The first-order chi connectivity index (χ1) is 8.88. The predicted octanol–water partition coefficient (Wildman–Crippen LogP) is 1.95. The van der Waals surface area contributed by atoms with Crippen LogP contribution in [0.15, 0.2) is 34.7 Å². The molecule has 2 aromatic rings. The Morgan fingerprint density at radius 1 is 1.32 bits per heavy atom. The molecule has 0 unspecified atom stereocenters. The van der Waals surface area contributed by atoms with E-state index in [9.17, 15) is 13.2 Å². The van der Waals surface area contributed by atoms with Crippen LogP contribution in [0.25, 0.3) is 0 Å². The van der Waals surface area contributed by atoms with Gasteiger partial charge in [0.2, 0.25) is 0 Å². The topological polar surface area (TPSA) is 96.4 Å². The molecule has 0 aliphatic carbocycles. The van der Waals surface area contributed by atoms with E-state index in [1.807, 2.05) is 6.92 Å². The van der Waals surface area contributed by atoms with E-state index in [-0.39, 0.29) is 15.6 Å². The van der Waals surface area contributed by atoms with Crippen LogP contribution in [0.4, 0.5) is 5.69 Å². The van der Waals surface area contributed by atoms with E-state index in [2.05, 4.69) is 9.71 Å². The van der Waals surface area contributed by atoms with E-state index in [4.69, 9.17) is 5.11 Å². The lowest BCUT2D eigenvalue weighted by Crippen LogP contribution is -2.12. The summed E-state index contributed by atoms with van der Waals surface area (Å²) in [5, 5.41) is 8.69. The first kappa shape index (κ1) is 13.5. The molecule has 0 aromatic carbocycles. The maximum atomic E-state index is 12.0. The van der Waals surface area contributed by atoms with E-state index < -0.39 is 16.0 Å². The first-order valence-corrected chi connectivity index (χ1v) is 7.47. The van der Waals surface area contributed by atoms with E-state index in [0.29, 0.717) is 0 Å². The van der Waals surface area contributed by atoms with E-state index in [1.54, 1.807) is 6.07 Å². The van der Waals surface area contributed by atoms with Crippen LogP contribution < -0.4 is 4.72 Å². The van der Waals surface area contributed by atoms with Crippen LogP contribution in [0, 0.1) is 6.92 Å². The number of hydrogen-bond donors (Lipinski definition) is 2. The molecule has 19 heavy (non-hydrogen) atoms. The van der Waals surface area contributed by atoms with Crippen molar-refractivity contribution in [3.8, 4) is 0 Å². The minimum atomic E-state index is -3.64. The Morgan fingerprint density at radius 3 is 2.53 bits per heavy atom. The van der Waals surface area contributed by atoms with Crippen molar-refractivity contribution in [2.75, 3.05) is 4.72 Å². The summed E-state index contributed by atoms with van der Waals surface area (Å²) in [4.78, 5) is 15.1. The first-order valence-electron chi connectivity index (χ1n) is 5.17. The molecular formula is C11H10N2O4S2. The number of carbonyl (C=O) groups is 1. The predicted molar refractivity (Wildman–Crippen MR) is 71.1 cm³/mol. The number of nitrogens with zero attached hydrogens (tertiary/aromatic N) is 1. The maximum Gasteiger partial charge on any atom is 0.354 e. The van der Waals surface area contributed by atoms with Gasteiger partial charge in [-0.3, -0.25) is 4.72 Å². The molecule has 2 N–H and O–H groups in total. The SMILES string of the molecule is Cc1ccc(S(=O)(=O)Nc2ccc(C(=O)O)nc2)s1. The van der Waals surface area contributed by atoms with Crippen LogP contribution in [-0.2, 0) is 10.0 Å². The largest absolute Gasteiger partial charge is 0.477 e. The fraction of sp³-hybridized carbons (Fsp3) is 0.0909. The van der Waals surface area contributed by atoms with Crippen molar-refractivity contribution in [2.45, 2.75) is 11.1 Å². The molecule has 0 aliphatic heterocycles. The molecule has 6 nitrogen and oxygen atoms in total. The number of aryl methyl sites for hydroxylation is 1. The van der Waals surface area contributed by atoms with Crippen LogP contribution in [0.5, 0.6) is 0 Å². The fourth-order valence-electron chi connectivity index (χ4n) is 1.34. The summed E-state index contributed by atoms with van der Waals surface area (Å²) in [5.41, 5.74) is 0.0750. The summed E-state index contributed by atoms with van der Waals surface area (Å²) in [7, 11) is -3.64. The lowest BCUT2D eigenvalue weighted by molar-refractivity contribution is 0.0690. The second-order valence-corrected chi connectivity index (χ2v) is 6.90. The normalized spacial score (nSPS) is 11.2. The number of pyridine rings is 1. The molecule has 8 heteroatoms. The van der Waals surface area contributed by atoms with Gasteiger partial charge in [-0.1, -0.05) is 0 Å². The molecule has 100 valence electrons. The van der Waals surface area contributed by atoms with Gasteiger partial charge in [0.05, 0.1) is 11.9 Å². The van der Waals surface area contributed by atoms with E-state index >= 15 is 0 Å². The molecular weight excluding hydrogens is 288 g/mol. The number of anilines is 1. The molecule has 2 aromatic heterocycles. The lowest BCUT2D eigenvalue weighted by Gasteiger charge is -2.05. The number of aromatic nitrogens is 1. The highest BCUT2D eigenvalue weighted by Gasteiger charge is 2.16. The Morgan fingerprint density at radius 2 is 2.05 bits per heavy atom. The summed E-state index contributed by atoms with van der Waals surface area (Å²) in [6.45, 7) is 1.81. The summed E-state index contributed by atoms with van der Waals surface area (Å²) < 4.78 is 26.5. The monoisotopic (exact) mass is 298 g/mol. The van der Waals surface area contributed by atoms with E-state index in [0.717, 1.165) is 16.2 Å². The molecule has 0 fully saturated rings. The molecule has 0 amide bonds. The molecule has 0 aliphatic rings. The second kappa shape index (κ2) is 4.98. The summed E-state index contributed by atoms with van der Waals surface area (Å²) >= 11 is 1.16. The third kappa shape index (κ3) is 3.09. The zero-order valence-corrected chi connectivity index (χ0v) is 11.5. The summed E-state index contributed by atoms with van der Waals surface area (Å²) in [6, 6.07) is 5.82. The summed E-state index contributed by atoms with van der Waals surface area (Å²) in [5.74, 6) is -1.16. The molecule has 2 rings (SSSR count). The highest BCUT2D eigenvalue weighted by molar-refractivity contribution is 7.94. The van der Waals surface area contributed by atoms with E-state index in [1.165, 1.54) is 24.4 Å². The quantitative estimate of drug-likeness (QED) is 0.899. The smallest absolute Gasteiger partial charge is 0.354 e. The Kier molecular flexibility index (Phi) is 3.54. The fourth-order valence-corrected chi connectivity index (χ4v) is 3.67. The number of aromatic carboxylic acids is 1. The minimum absolute atomic E-state index is 0.144. The van der Waals surface area contributed by atoms with Gasteiger partial charge >= 0.3 is 5.97 Å². The third-order valence-corrected chi connectivity index (χ3v) is 5.09. The zero-order valence-electron chi connectivity index (χ0n) is 9.82. The molecule has 0 saturated carbocycles. The standard InChI is InChI=1S/C11H10N2O4S2/c1-7-2-5-10(18-7)19(16,17)13-8-3-4-9(11(14)15)12-6-8/h2-6,13H,1H3,(H,14,15). The average Bonchev–Trinajstić information content (AvgIpc) is 2.77. The Bertz CT molecular complexity index is 705. The van der Waals surface area contributed by atoms with Gasteiger partial charge in [0.25, 0.3) is 10.0 Å². The molecule has 0 radical (unpaired) electrons. The van der Waals surface area contributed by atoms with Gasteiger partial charge in [-0.05, 0) is 31.2 Å². The maximum absolute atomic E-state index is 12.0. The van der Waals surface area contributed by atoms with Crippen LogP contribution in [0.3, 0.4) is 0 Å². The highest BCUT2D eigenvalue weighted by atomic mass is 32.2. The number of thiophene rings is 1. The van der Waals surface area contributed by atoms with Crippen LogP contribution in [0.1, 0.15) is 15.4 Å². The minimum Gasteiger partial charge on any atom is -0.477 e. The van der Waals surface area contributed by atoms with Crippen molar-refractivity contribution in [1.29, 1.82) is 0 Å². The average molecular weight is 298 g/mol. The number of sulfonamides is 1. The van der Waals surface area contributed by atoms with Gasteiger partial charge in [0.15, 0.2) is 0 Å². The van der Waals surface area contributed by atoms with Crippen molar-refractivity contribution in [2.24, 2.45) is 0 Å². The lowest BCUT2D eigenvalue weighted by atomic mass is 10.3. The zero-order chi connectivity index (χ0) is 14.0. The number of carboxylic acids is 1. The van der Waals surface area contributed by atoms with Gasteiger partial charge in [0.1, 0.15) is 9.90 Å². The number of rotatable bonds is 4. The van der Waals surface area contributed by atoms with Gasteiger partial charge in [-0.2, -0.15) is 0 Å². The second-order valence-electron chi connectivity index (χ2n) is 3.71. The number of carboxylic acid groups (broad SMARTS) is 1. The van der Waals surface area contributed by atoms with Gasteiger partial charge in [0, 0.05) is 4.88 Å². The molecule has 2 heterocycles. The van der Waals surface area contributed by atoms with Crippen molar-refractivity contribution in [3.63, 3.8) is 0 Å². The Balaban J connectivity index is 2.23. The Labute approximate surface area is 113 Å². The van der Waals surface area contributed by atoms with Gasteiger partial charge in [-0.25, -0.2) is 18.2 Å². The highest BCUT2D eigenvalue weighted by Crippen LogP contribution is 2.23. The molecule has 0 atom stereocenters. The summed E-state index contributed by atoms with van der Waals surface area (Å²) in [6.07, 6.45) is 1.17. The number of nitrogens with one attached hydrogen (secondary N) is 1. The van der Waals surface area contributed by atoms with Crippen molar-refractivity contribution in [3.05, 3.63) is 41.0 Å². The Hall–Kier alpha value is -1.93. The van der Waals surface area contributed by atoms with Crippen LogP contribution >= 0.6 is 11.3 Å². The van der Waals surface area contributed by atoms with Crippen molar-refractivity contribution < 1.29 is 18.3 Å². The van der Waals surface area contributed by atoms with Gasteiger partial charge in [-0.15, -0.1) is 11.3 Å². The molecule has 0 bridgehead atoms. The van der Waals surface area contributed by atoms with Crippen LogP contribution in [0.2, 0.25) is 0 Å². The van der Waals surface area contributed by atoms with Crippen LogP contribution in [-0.4, -0.2) is 24.5 Å².